The van der Waals surface area contributed by atoms with E-state index in [4.69, 9.17) is 0 Å². The van der Waals surface area contributed by atoms with Crippen LogP contribution in [0.15, 0.2) is 60.7 Å². The number of hydrogen-bond donors (Lipinski definition) is 0. The molecule has 0 saturated heterocycles. The molecule has 94 valence electrons. The van der Waals surface area contributed by atoms with Gasteiger partial charge in [0.05, 0.1) is 6.54 Å². The van der Waals surface area contributed by atoms with Crippen LogP contribution in [0.3, 0.4) is 0 Å². The van der Waals surface area contributed by atoms with E-state index in [-0.39, 0.29) is 0 Å². The Balaban J connectivity index is 2.00. The van der Waals surface area contributed by atoms with Crippen LogP contribution in [0, 0.1) is 6.92 Å². The lowest BCUT2D eigenvalue weighted by molar-refractivity contribution is 0.768. The molecule has 0 fully saturated rings. The first-order valence-corrected chi connectivity index (χ1v) is 6.34. The van der Waals surface area contributed by atoms with Crippen LogP contribution in [-0.2, 0) is 6.54 Å². The first-order chi connectivity index (χ1) is 9.34. The molecule has 1 aromatic heterocycles. The molecule has 3 heteroatoms. The van der Waals surface area contributed by atoms with Crippen molar-refractivity contribution in [2.75, 3.05) is 0 Å². The van der Waals surface area contributed by atoms with E-state index in [9.17, 15) is 0 Å². The highest BCUT2D eigenvalue weighted by Crippen LogP contribution is 2.19. The average Bonchev–Trinajstić information content (AvgIpc) is 2.82. The van der Waals surface area contributed by atoms with Gasteiger partial charge < -0.3 is 4.57 Å². The van der Waals surface area contributed by atoms with E-state index in [1.807, 2.05) is 31.2 Å². The molecule has 0 aliphatic carbocycles. The van der Waals surface area contributed by atoms with Gasteiger partial charge in [-0.1, -0.05) is 60.7 Å². The first-order valence-electron chi connectivity index (χ1n) is 6.34. The molecule has 2 aromatic carbocycles. The Morgan fingerprint density at radius 1 is 0.842 bits per heavy atom. The molecule has 0 spiro atoms. The van der Waals surface area contributed by atoms with E-state index in [1.54, 1.807) is 0 Å². The predicted molar refractivity (Wildman–Crippen MR) is 75.7 cm³/mol. The zero-order valence-electron chi connectivity index (χ0n) is 10.8. The lowest BCUT2D eigenvalue weighted by atomic mass is 10.2. The van der Waals surface area contributed by atoms with E-state index in [1.165, 1.54) is 5.56 Å². The third-order valence-electron chi connectivity index (χ3n) is 3.15. The van der Waals surface area contributed by atoms with Crippen molar-refractivity contribution in [1.29, 1.82) is 0 Å². The number of hydrogen-bond acceptors (Lipinski definition) is 2. The second-order valence-electron chi connectivity index (χ2n) is 4.51. The maximum absolute atomic E-state index is 4.30. The van der Waals surface area contributed by atoms with Crippen molar-refractivity contribution in [2.45, 2.75) is 13.5 Å². The fraction of sp³-hybridized carbons (Fsp3) is 0.125. The van der Waals surface area contributed by atoms with Crippen LogP contribution in [0.4, 0.5) is 0 Å². The lowest BCUT2D eigenvalue weighted by Gasteiger charge is -2.08. The second-order valence-corrected chi connectivity index (χ2v) is 4.51. The monoisotopic (exact) mass is 249 g/mol. The molecule has 3 rings (SSSR count). The maximum atomic E-state index is 4.30. The third kappa shape index (κ3) is 2.40. The van der Waals surface area contributed by atoms with Gasteiger partial charge in [0.15, 0.2) is 5.82 Å². The van der Waals surface area contributed by atoms with E-state index < -0.39 is 0 Å². The number of rotatable bonds is 3. The summed E-state index contributed by atoms with van der Waals surface area (Å²) in [7, 11) is 0. The zero-order valence-corrected chi connectivity index (χ0v) is 10.8. The van der Waals surface area contributed by atoms with Gasteiger partial charge in [0, 0.05) is 5.56 Å². The van der Waals surface area contributed by atoms with Crippen LogP contribution in [0.2, 0.25) is 0 Å². The molecular weight excluding hydrogens is 234 g/mol. The number of aromatic nitrogens is 3. The lowest BCUT2D eigenvalue weighted by Crippen LogP contribution is -2.04. The first kappa shape index (κ1) is 11.7. The zero-order chi connectivity index (χ0) is 13.1. The van der Waals surface area contributed by atoms with Crippen molar-refractivity contribution in [3.63, 3.8) is 0 Å². The molecular formula is C16H15N3. The van der Waals surface area contributed by atoms with Gasteiger partial charge in [-0.05, 0) is 12.5 Å². The van der Waals surface area contributed by atoms with Crippen LogP contribution in [-0.4, -0.2) is 14.8 Å². The summed E-state index contributed by atoms with van der Waals surface area (Å²) in [6.45, 7) is 2.78. The van der Waals surface area contributed by atoms with Gasteiger partial charge in [-0.3, -0.25) is 0 Å². The Bertz CT molecular complexity index is 657. The van der Waals surface area contributed by atoms with Gasteiger partial charge >= 0.3 is 0 Å². The smallest absolute Gasteiger partial charge is 0.164 e. The summed E-state index contributed by atoms with van der Waals surface area (Å²) in [5, 5.41) is 8.50. The normalized spacial score (nSPS) is 10.6. The standard InChI is InChI=1S/C16H15N3/c1-13-17-18-16(15-10-6-3-7-11-15)19(13)12-14-8-4-2-5-9-14/h2-11H,12H2,1H3. The minimum atomic E-state index is 0.796. The molecule has 0 N–H and O–H groups in total. The minimum Gasteiger partial charge on any atom is -0.307 e. The molecule has 3 aromatic rings. The summed E-state index contributed by atoms with van der Waals surface area (Å²) < 4.78 is 2.14. The van der Waals surface area contributed by atoms with Crippen LogP contribution >= 0.6 is 0 Å². The summed E-state index contributed by atoms with van der Waals surface area (Å²) in [6, 6.07) is 20.5. The summed E-state index contributed by atoms with van der Waals surface area (Å²) in [5.41, 5.74) is 2.35. The van der Waals surface area contributed by atoms with E-state index in [0.29, 0.717) is 0 Å². The Morgan fingerprint density at radius 2 is 1.47 bits per heavy atom. The van der Waals surface area contributed by atoms with Crippen LogP contribution in [0.1, 0.15) is 11.4 Å². The summed E-state index contributed by atoms with van der Waals surface area (Å²) in [5.74, 6) is 1.85. The average molecular weight is 249 g/mol. The number of aryl methyl sites for hydroxylation is 1. The maximum Gasteiger partial charge on any atom is 0.164 e. The molecule has 0 saturated carbocycles. The molecule has 0 aliphatic rings. The Hall–Kier alpha value is -2.42. The second kappa shape index (κ2) is 5.06. The quantitative estimate of drug-likeness (QED) is 0.713. The van der Waals surface area contributed by atoms with E-state index in [0.717, 1.165) is 23.8 Å². The summed E-state index contributed by atoms with van der Waals surface area (Å²) >= 11 is 0. The Morgan fingerprint density at radius 3 is 2.16 bits per heavy atom. The molecule has 3 nitrogen and oxygen atoms in total. The van der Waals surface area contributed by atoms with Crippen molar-refractivity contribution in [2.24, 2.45) is 0 Å². The highest BCUT2D eigenvalue weighted by atomic mass is 15.3. The summed E-state index contributed by atoms with van der Waals surface area (Å²) in [4.78, 5) is 0. The van der Waals surface area contributed by atoms with E-state index >= 15 is 0 Å². The largest absolute Gasteiger partial charge is 0.307 e. The van der Waals surface area contributed by atoms with Crippen LogP contribution < -0.4 is 0 Å². The van der Waals surface area contributed by atoms with Gasteiger partial charge in [0.1, 0.15) is 5.82 Å². The highest BCUT2D eigenvalue weighted by Gasteiger charge is 2.10. The minimum absolute atomic E-state index is 0.796. The van der Waals surface area contributed by atoms with Crippen molar-refractivity contribution >= 4 is 0 Å². The van der Waals surface area contributed by atoms with Gasteiger partial charge in [-0.15, -0.1) is 10.2 Å². The topological polar surface area (TPSA) is 30.7 Å². The third-order valence-corrected chi connectivity index (χ3v) is 3.15. The molecule has 0 aliphatic heterocycles. The van der Waals surface area contributed by atoms with Gasteiger partial charge in [-0.2, -0.15) is 0 Å². The number of nitrogens with zero attached hydrogens (tertiary/aromatic N) is 3. The molecule has 0 radical (unpaired) electrons. The van der Waals surface area contributed by atoms with Gasteiger partial charge in [0.25, 0.3) is 0 Å². The van der Waals surface area contributed by atoms with E-state index in [2.05, 4.69) is 51.2 Å². The van der Waals surface area contributed by atoms with Gasteiger partial charge in [-0.25, -0.2) is 0 Å². The molecule has 1 heterocycles. The molecule has 0 unspecified atom stereocenters. The fourth-order valence-electron chi connectivity index (χ4n) is 2.14. The van der Waals surface area contributed by atoms with Crippen LogP contribution in [0.25, 0.3) is 11.4 Å². The number of benzene rings is 2. The summed E-state index contributed by atoms with van der Waals surface area (Å²) in [6.07, 6.45) is 0. The Kier molecular flexibility index (Phi) is 3.11. The van der Waals surface area contributed by atoms with Crippen molar-refractivity contribution in [1.82, 2.24) is 14.8 Å². The van der Waals surface area contributed by atoms with Crippen molar-refractivity contribution < 1.29 is 0 Å². The molecule has 0 bridgehead atoms. The molecule has 19 heavy (non-hydrogen) atoms. The Labute approximate surface area is 112 Å². The van der Waals surface area contributed by atoms with Gasteiger partial charge in [0.2, 0.25) is 0 Å². The highest BCUT2D eigenvalue weighted by molar-refractivity contribution is 5.55. The predicted octanol–water partition coefficient (Wildman–Crippen LogP) is 3.30. The fourth-order valence-corrected chi connectivity index (χ4v) is 2.14. The van der Waals surface area contributed by atoms with Crippen molar-refractivity contribution in [3.05, 3.63) is 72.1 Å². The molecule has 0 atom stereocenters. The van der Waals surface area contributed by atoms with Crippen molar-refractivity contribution in [3.8, 4) is 11.4 Å². The molecule has 0 amide bonds. The van der Waals surface area contributed by atoms with Crippen LogP contribution in [0.5, 0.6) is 0 Å². The SMILES string of the molecule is Cc1nnc(-c2ccccc2)n1Cc1ccccc1.